The Kier molecular flexibility index (Phi) is 3.02. The molecule has 0 atom stereocenters. The summed E-state index contributed by atoms with van der Waals surface area (Å²) < 4.78 is 8.07. The van der Waals surface area contributed by atoms with Crippen molar-refractivity contribution < 1.29 is 4.74 Å². The molecule has 1 aromatic carbocycles. The topological polar surface area (TPSA) is 26.2 Å². The minimum Gasteiger partial charge on any atom is -0.495 e. The first-order chi connectivity index (χ1) is 9.13. The first kappa shape index (κ1) is 12.5. The molecule has 3 rings (SSSR count). The maximum Gasteiger partial charge on any atom is 0.143 e. The van der Waals surface area contributed by atoms with Gasteiger partial charge in [-0.05, 0) is 36.1 Å². The predicted molar refractivity (Wildman–Crippen MR) is 79.0 cm³/mol. The number of hydrogen-bond acceptors (Lipinski definition) is 2. The van der Waals surface area contributed by atoms with Gasteiger partial charge in [0.1, 0.15) is 5.75 Å². The second kappa shape index (κ2) is 4.57. The summed E-state index contributed by atoms with van der Waals surface area (Å²) in [6.07, 6.45) is 0. The molecule has 2 heterocycles. The summed E-state index contributed by atoms with van der Waals surface area (Å²) in [6, 6.07) is 4.44. The average molecular weight is 258 g/mol. The van der Waals surface area contributed by atoms with Gasteiger partial charge >= 0.3 is 0 Å². The van der Waals surface area contributed by atoms with Gasteiger partial charge in [0.05, 0.1) is 12.6 Å². The van der Waals surface area contributed by atoms with E-state index in [9.17, 15) is 0 Å². The van der Waals surface area contributed by atoms with Crippen LogP contribution >= 0.6 is 0 Å². The Hall–Kier alpha value is -1.48. The van der Waals surface area contributed by atoms with E-state index in [0.29, 0.717) is 5.92 Å². The lowest BCUT2D eigenvalue weighted by Crippen LogP contribution is -2.28. The molecule has 1 N–H and O–H groups in total. The molecule has 102 valence electrons. The molecule has 0 amide bonds. The van der Waals surface area contributed by atoms with E-state index < -0.39 is 0 Å². The standard InChI is InChI=1S/C16H22N2O/c1-10(2)15-12-7-11(3)8-14(19-4)16(12)18-6-5-17-9-13(15)18/h7-8,10,17H,5-6,9H2,1-4H3. The molecule has 0 unspecified atom stereocenters. The van der Waals surface area contributed by atoms with Crippen molar-refractivity contribution in [1.82, 2.24) is 9.88 Å². The number of nitrogens with one attached hydrogen (secondary N) is 1. The van der Waals surface area contributed by atoms with Crippen LogP contribution in [0.5, 0.6) is 5.75 Å². The SMILES string of the molecule is COc1cc(C)cc2c(C(C)C)c3n(c12)CCNC3. The summed E-state index contributed by atoms with van der Waals surface area (Å²) in [5.41, 5.74) is 5.44. The van der Waals surface area contributed by atoms with E-state index in [1.165, 1.54) is 27.7 Å². The largest absolute Gasteiger partial charge is 0.495 e. The Labute approximate surface area is 114 Å². The van der Waals surface area contributed by atoms with E-state index in [1.54, 1.807) is 7.11 Å². The first-order valence-electron chi connectivity index (χ1n) is 7.03. The van der Waals surface area contributed by atoms with Crippen LogP contribution in [-0.4, -0.2) is 18.2 Å². The Balaban J connectivity index is 2.42. The maximum absolute atomic E-state index is 5.63. The van der Waals surface area contributed by atoms with Crippen LogP contribution in [0.3, 0.4) is 0 Å². The molecule has 1 aliphatic rings. The monoisotopic (exact) mass is 258 g/mol. The normalized spacial score (nSPS) is 15.0. The Morgan fingerprint density at radius 3 is 2.79 bits per heavy atom. The van der Waals surface area contributed by atoms with Gasteiger partial charge in [0, 0.05) is 30.7 Å². The van der Waals surface area contributed by atoms with Gasteiger partial charge < -0.3 is 14.6 Å². The van der Waals surface area contributed by atoms with Crippen molar-refractivity contribution >= 4 is 10.9 Å². The lowest BCUT2D eigenvalue weighted by atomic mass is 9.98. The highest BCUT2D eigenvalue weighted by Crippen LogP contribution is 2.38. The fraction of sp³-hybridized carbons (Fsp3) is 0.500. The van der Waals surface area contributed by atoms with Crippen molar-refractivity contribution in [2.75, 3.05) is 13.7 Å². The fourth-order valence-electron chi connectivity index (χ4n) is 3.30. The molecule has 0 spiro atoms. The highest BCUT2D eigenvalue weighted by atomic mass is 16.5. The van der Waals surface area contributed by atoms with Crippen molar-refractivity contribution in [1.29, 1.82) is 0 Å². The van der Waals surface area contributed by atoms with E-state index >= 15 is 0 Å². The third-order valence-electron chi connectivity index (χ3n) is 4.02. The minimum atomic E-state index is 0.533. The molecular formula is C16H22N2O. The number of aromatic nitrogens is 1. The van der Waals surface area contributed by atoms with E-state index in [-0.39, 0.29) is 0 Å². The first-order valence-corrected chi connectivity index (χ1v) is 7.03. The number of fused-ring (bicyclic) bond motifs is 3. The molecule has 0 saturated heterocycles. The third-order valence-corrected chi connectivity index (χ3v) is 4.02. The molecule has 0 bridgehead atoms. The quantitative estimate of drug-likeness (QED) is 0.895. The molecule has 19 heavy (non-hydrogen) atoms. The van der Waals surface area contributed by atoms with Crippen LogP contribution in [0, 0.1) is 6.92 Å². The molecule has 0 radical (unpaired) electrons. The van der Waals surface area contributed by atoms with Gasteiger partial charge in [-0.2, -0.15) is 0 Å². The van der Waals surface area contributed by atoms with Crippen molar-refractivity contribution in [3.63, 3.8) is 0 Å². The average Bonchev–Trinajstić information content (AvgIpc) is 2.71. The highest BCUT2D eigenvalue weighted by Gasteiger charge is 2.23. The molecule has 0 fully saturated rings. The summed E-state index contributed by atoms with van der Waals surface area (Å²) >= 11 is 0. The zero-order valence-electron chi connectivity index (χ0n) is 12.2. The second-order valence-corrected chi connectivity index (χ2v) is 5.71. The number of aryl methyl sites for hydroxylation is 1. The minimum absolute atomic E-state index is 0.533. The zero-order chi connectivity index (χ0) is 13.6. The van der Waals surface area contributed by atoms with Crippen LogP contribution in [0.2, 0.25) is 0 Å². The van der Waals surface area contributed by atoms with Crippen molar-refractivity contribution in [3.8, 4) is 5.75 Å². The number of ether oxygens (including phenoxy) is 1. The predicted octanol–water partition coefficient (Wildman–Crippen LogP) is 3.18. The van der Waals surface area contributed by atoms with E-state index in [0.717, 1.165) is 25.4 Å². The lowest BCUT2D eigenvalue weighted by Gasteiger charge is -2.20. The molecule has 3 nitrogen and oxygen atoms in total. The van der Waals surface area contributed by atoms with Crippen LogP contribution in [-0.2, 0) is 13.1 Å². The van der Waals surface area contributed by atoms with Crippen LogP contribution in [0.1, 0.15) is 36.6 Å². The summed E-state index contributed by atoms with van der Waals surface area (Å²) in [5, 5.41) is 4.85. The van der Waals surface area contributed by atoms with Crippen molar-refractivity contribution in [3.05, 3.63) is 29.0 Å². The van der Waals surface area contributed by atoms with Gasteiger partial charge in [-0.15, -0.1) is 0 Å². The van der Waals surface area contributed by atoms with Gasteiger partial charge in [-0.1, -0.05) is 13.8 Å². The number of hydrogen-bond donors (Lipinski definition) is 1. The third kappa shape index (κ3) is 1.84. The maximum atomic E-state index is 5.63. The Morgan fingerprint density at radius 2 is 2.11 bits per heavy atom. The molecular weight excluding hydrogens is 236 g/mol. The molecule has 0 aliphatic carbocycles. The van der Waals surface area contributed by atoms with Crippen LogP contribution in [0.4, 0.5) is 0 Å². The molecule has 1 aromatic heterocycles. The fourth-order valence-corrected chi connectivity index (χ4v) is 3.30. The summed E-state index contributed by atoms with van der Waals surface area (Å²) in [6.45, 7) is 9.72. The molecule has 2 aromatic rings. The molecule has 1 aliphatic heterocycles. The van der Waals surface area contributed by atoms with E-state index in [2.05, 4.69) is 42.8 Å². The number of benzene rings is 1. The number of rotatable bonds is 2. The van der Waals surface area contributed by atoms with E-state index in [1.807, 2.05) is 0 Å². The van der Waals surface area contributed by atoms with Gasteiger partial charge in [0.2, 0.25) is 0 Å². The Morgan fingerprint density at radius 1 is 1.32 bits per heavy atom. The lowest BCUT2D eigenvalue weighted by molar-refractivity contribution is 0.415. The van der Waals surface area contributed by atoms with E-state index in [4.69, 9.17) is 4.74 Å². The molecule has 0 saturated carbocycles. The zero-order valence-corrected chi connectivity index (χ0v) is 12.2. The van der Waals surface area contributed by atoms with Gasteiger partial charge in [0.15, 0.2) is 0 Å². The van der Waals surface area contributed by atoms with Gasteiger partial charge in [0.25, 0.3) is 0 Å². The smallest absolute Gasteiger partial charge is 0.143 e. The second-order valence-electron chi connectivity index (χ2n) is 5.71. The Bertz CT molecular complexity index is 625. The number of methoxy groups -OCH3 is 1. The van der Waals surface area contributed by atoms with Gasteiger partial charge in [-0.3, -0.25) is 0 Å². The van der Waals surface area contributed by atoms with Crippen LogP contribution < -0.4 is 10.1 Å². The summed E-state index contributed by atoms with van der Waals surface area (Å²) in [4.78, 5) is 0. The van der Waals surface area contributed by atoms with Crippen molar-refractivity contribution in [2.45, 2.75) is 39.8 Å². The molecule has 3 heteroatoms. The van der Waals surface area contributed by atoms with Crippen LogP contribution in [0.15, 0.2) is 12.1 Å². The van der Waals surface area contributed by atoms with Gasteiger partial charge in [-0.25, -0.2) is 0 Å². The number of nitrogens with zero attached hydrogens (tertiary/aromatic N) is 1. The summed E-state index contributed by atoms with van der Waals surface area (Å²) in [5.74, 6) is 1.54. The van der Waals surface area contributed by atoms with Crippen LogP contribution in [0.25, 0.3) is 10.9 Å². The van der Waals surface area contributed by atoms with Crippen molar-refractivity contribution in [2.24, 2.45) is 0 Å². The highest BCUT2D eigenvalue weighted by molar-refractivity contribution is 5.91. The summed E-state index contributed by atoms with van der Waals surface area (Å²) in [7, 11) is 1.77.